The Hall–Kier alpha value is -1.26. The van der Waals surface area contributed by atoms with E-state index in [9.17, 15) is 14.7 Å². The van der Waals surface area contributed by atoms with Crippen LogP contribution >= 0.6 is 0 Å². The summed E-state index contributed by atoms with van der Waals surface area (Å²) in [7, 11) is 0. The molecule has 0 aliphatic heterocycles. The van der Waals surface area contributed by atoms with Gasteiger partial charge in [-0.3, -0.25) is 4.79 Å². The van der Waals surface area contributed by atoms with Gasteiger partial charge in [0.05, 0.1) is 11.0 Å². The van der Waals surface area contributed by atoms with Crippen LogP contribution in [0.25, 0.3) is 0 Å². The summed E-state index contributed by atoms with van der Waals surface area (Å²) in [5.41, 5.74) is -1.89. The molecule has 0 spiro atoms. The van der Waals surface area contributed by atoms with Gasteiger partial charge in [-0.1, -0.05) is 32.6 Å². The number of carboxylic acid groups (broad SMARTS) is 1. The third-order valence-electron chi connectivity index (χ3n) is 4.39. The molecule has 0 aromatic rings. The van der Waals surface area contributed by atoms with E-state index in [2.05, 4.69) is 17.6 Å². The quantitative estimate of drug-likeness (QED) is 0.570. The molecule has 5 nitrogen and oxygen atoms in total. The zero-order chi connectivity index (χ0) is 16.7. The fourth-order valence-corrected chi connectivity index (χ4v) is 1.92. The number of rotatable bonds is 9. The van der Waals surface area contributed by atoms with Gasteiger partial charge in [-0.05, 0) is 41.0 Å². The minimum Gasteiger partial charge on any atom is -0.481 e. The minimum atomic E-state index is -1.05. The summed E-state index contributed by atoms with van der Waals surface area (Å²) in [5, 5.41) is 14.9. The van der Waals surface area contributed by atoms with Crippen LogP contribution in [-0.2, 0) is 4.79 Å². The summed E-state index contributed by atoms with van der Waals surface area (Å²) in [6.45, 7) is 10.8. The highest BCUT2D eigenvalue weighted by Gasteiger charge is 2.44. The van der Waals surface area contributed by atoms with Crippen molar-refractivity contribution >= 4 is 12.0 Å². The number of aliphatic carboxylic acids is 1. The van der Waals surface area contributed by atoms with Crippen LogP contribution in [0.2, 0.25) is 0 Å². The van der Waals surface area contributed by atoms with Gasteiger partial charge in [-0.15, -0.1) is 0 Å². The van der Waals surface area contributed by atoms with Gasteiger partial charge in [0.25, 0.3) is 0 Å². The van der Waals surface area contributed by atoms with Crippen LogP contribution in [0.3, 0.4) is 0 Å². The summed E-state index contributed by atoms with van der Waals surface area (Å²) in [5.74, 6) is -0.930. The summed E-state index contributed by atoms with van der Waals surface area (Å²) < 4.78 is 0. The summed E-state index contributed by atoms with van der Waals surface area (Å²) >= 11 is 0. The van der Waals surface area contributed by atoms with E-state index in [0.717, 1.165) is 12.8 Å². The number of carbonyl (C=O) groups excluding carboxylic acids is 1. The summed E-state index contributed by atoms with van der Waals surface area (Å²) in [4.78, 5) is 23.3. The first kappa shape index (κ1) is 19.7. The van der Waals surface area contributed by atoms with Gasteiger partial charge in [0.1, 0.15) is 0 Å². The molecule has 1 unspecified atom stereocenters. The second-order valence-electron chi connectivity index (χ2n) is 6.90. The van der Waals surface area contributed by atoms with Gasteiger partial charge in [-0.2, -0.15) is 0 Å². The van der Waals surface area contributed by atoms with Crippen molar-refractivity contribution in [1.82, 2.24) is 10.6 Å². The first-order valence-corrected chi connectivity index (χ1v) is 7.86. The summed E-state index contributed by atoms with van der Waals surface area (Å²) in [6.07, 6.45) is 5.64. The zero-order valence-electron chi connectivity index (χ0n) is 14.4. The van der Waals surface area contributed by atoms with Gasteiger partial charge in [0, 0.05) is 6.04 Å². The van der Waals surface area contributed by atoms with Crippen LogP contribution in [0.15, 0.2) is 0 Å². The van der Waals surface area contributed by atoms with Crippen molar-refractivity contribution in [3.8, 4) is 0 Å². The van der Waals surface area contributed by atoms with Crippen molar-refractivity contribution < 1.29 is 14.7 Å². The number of unbranched alkanes of at least 4 members (excludes halogenated alkanes) is 3. The van der Waals surface area contributed by atoms with Crippen molar-refractivity contribution in [2.45, 2.75) is 85.2 Å². The number of amides is 2. The lowest BCUT2D eigenvalue weighted by molar-refractivity contribution is -0.150. The number of hydrogen-bond donors (Lipinski definition) is 3. The van der Waals surface area contributed by atoms with Crippen LogP contribution in [0, 0.1) is 5.41 Å². The largest absolute Gasteiger partial charge is 0.481 e. The molecule has 0 saturated carbocycles. The van der Waals surface area contributed by atoms with Crippen molar-refractivity contribution in [2.75, 3.05) is 0 Å². The maximum Gasteiger partial charge on any atom is 0.315 e. The van der Waals surface area contributed by atoms with E-state index >= 15 is 0 Å². The molecule has 0 radical (unpaired) electrons. The number of urea groups is 1. The topological polar surface area (TPSA) is 78.4 Å². The Morgan fingerprint density at radius 3 is 2.14 bits per heavy atom. The minimum absolute atomic E-state index is 0.0885. The number of carbonyl (C=O) groups is 2. The number of nitrogens with one attached hydrogen (secondary N) is 2. The molecular formula is C16H32N2O3. The molecule has 0 saturated heterocycles. The maximum atomic E-state index is 12.0. The van der Waals surface area contributed by atoms with E-state index in [-0.39, 0.29) is 12.1 Å². The lowest BCUT2D eigenvalue weighted by Gasteiger charge is -2.39. The molecule has 0 bridgehead atoms. The predicted octanol–water partition coefficient (Wildman–Crippen LogP) is 3.53. The highest BCUT2D eigenvalue weighted by molar-refractivity contribution is 5.79. The molecule has 0 aliphatic carbocycles. The molecule has 2 amide bonds. The van der Waals surface area contributed by atoms with Gasteiger partial charge in [0.15, 0.2) is 0 Å². The zero-order valence-corrected chi connectivity index (χ0v) is 14.4. The Kier molecular flexibility index (Phi) is 7.75. The average molecular weight is 300 g/mol. The Bertz CT molecular complexity index is 351. The van der Waals surface area contributed by atoms with Crippen molar-refractivity contribution in [2.24, 2.45) is 5.41 Å². The number of carboxylic acids is 1. The highest BCUT2D eigenvalue weighted by atomic mass is 16.4. The van der Waals surface area contributed by atoms with Crippen LogP contribution in [-0.4, -0.2) is 28.7 Å². The maximum absolute atomic E-state index is 12.0. The Morgan fingerprint density at radius 2 is 1.67 bits per heavy atom. The molecule has 0 heterocycles. The molecule has 0 aromatic carbocycles. The molecule has 0 aromatic heterocycles. The van der Waals surface area contributed by atoms with Crippen LogP contribution < -0.4 is 10.6 Å². The second kappa shape index (κ2) is 8.25. The van der Waals surface area contributed by atoms with Crippen molar-refractivity contribution in [1.29, 1.82) is 0 Å². The fraction of sp³-hybridized carbons (Fsp3) is 0.875. The molecule has 0 fully saturated rings. The van der Waals surface area contributed by atoms with Crippen LogP contribution in [0.1, 0.15) is 73.6 Å². The van der Waals surface area contributed by atoms with E-state index < -0.39 is 16.9 Å². The molecule has 124 valence electrons. The van der Waals surface area contributed by atoms with Gasteiger partial charge < -0.3 is 15.7 Å². The van der Waals surface area contributed by atoms with E-state index in [1.165, 1.54) is 19.3 Å². The average Bonchev–Trinajstić information content (AvgIpc) is 2.33. The molecular weight excluding hydrogens is 268 g/mol. The number of hydrogen-bond acceptors (Lipinski definition) is 2. The van der Waals surface area contributed by atoms with Gasteiger partial charge in [0.2, 0.25) is 0 Å². The van der Waals surface area contributed by atoms with E-state index in [1.807, 2.05) is 6.92 Å². The lowest BCUT2D eigenvalue weighted by atomic mass is 9.74. The van der Waals surface area contributed by atoms with Crippen LogP contribution in [0.4, 0.5) is 4.79 Å². The molecule has 0 rings (SSSR count). The smallest absolute Gasteiger partial charge is 0.315 e. The van der Waals surface area contributed by atoms with Gasteiger partial charge >= 0.3 is 12.0 Å². The van der Waals surface area contributed by atoms with Crippen LogP contribution in [0.5, 0.6) is 0 Å². The standard InChI is InChI=1S/C16H32N2O3/c1-7-8-9-10-11-12(2)17-14(21)18-16(5,6)15(3,4)13(19)20/h12H,7-11H2,1-6H3,(H,19,20)(H2,17,18,21). The Labute approximate surface area is 128 Å². The first-order chi connectivity index (χ1) is 9.54. The molecule has 3 N–H and O–H groups in total. The predicted molar refractivity (Wildman–Crippen MR) is 85.4 cm³/mol. The molecule has 21 heavy (non-hydrogen) atoms. The van der Waals surface area contributed by atoms with Crippen molar-refractivity contribution in [3.63, 3.8) is 0 Å². The monoisotopic (exact) mass is 300 g/mol. The lowest BCUT2D eigenvalue weighted by Crippen LogP contribution is -2.59. The molecule has 0 aliphatic rings. The fourth-order valence-electron chi connectivity index (χ4n) is 1.92. The van der Waals surface area contributed by atoms with E-state index in [0.29, 0.717) is 0 Å². The summed E-state index contributed by atoms with van der Waals surface area (Å²) in [6, 6.07) is -0.220. The normalized spacial score (nSPS) is 13.6. The second-order valence-corrected chi connectivity index (χ2v) is 6.90. The Balaban J connectivity index is 4.33. The van der Waals surface area contributed by atoms with E-state index in [1.54, 1.807) is 27.7 Å². The molecule has 5 heteroatoms. The van der Waals surface area contributed by atoms with E-state index in [4.69, 9.17) is 0 Å². The third-order valence-corrected chi connectivity index (χ3v) is 4.39. The van der Waals surface area contributed by atoms with Crippen molar-refractivity contribution in [3.05, 3.63) is 0 Å². The van der Waals surface area contributed by atoms with Gasteiger partial charge in [-0.25, -0.2) is 4.79 Å². The highest BCUT2D eigenvalue weighted by Crippen LogP contribution is 2.30. The SMILES string of the molecule is CCCCCCC(C)NC(=O)NC(C)(C)C(C)(C)C(=O)O. The molecule has 1 atom stereocenters. The first-order valence-electron chi connectivity index (χ1n) is 7.86. The Morgan fingerprint density at radius 1 is 1.10 bits per heavy atom. The third kappa shape index (κ3) is 6.36.